The molecule has 0 fully saturated rings. The van der Waals surface area contributed by atoms with Crippen LogP contribution in [0.4, 0.5) is 4.79 Å². The zero-order valence-electron chi connectivity index (χ0n) is 15.2. The highest BCUT2D eigenvalue weighted by molar-refractivity contribution is 7.88. The van der Waals surface area contributed by atoms with Crippen molar-refractivity contribution in [3.63, 3.8) is 0 Å². The van der Waals surface area contributed by atoms with Crippen LogP contribution >= 0.6 is 0 Å². The maximum atomic E-state index is 12.5. The van der Waals surface area contributed by atoms with Gasteiger partial charge in [-0.1, -0.05) is 51.1 Å². The Kier molecular flexibility index (Phi) is 7.40. The van der Waals surface area contributed by atoms with E-state index in [-0.39, 0.29) is 30.4 Å². The Labute approximate surface area is 149 Å². The first-order chi connectivity index (χ1) is 11.5. The topological polar surface area (TPSA) is 98.1 Å². The van der Waals surface area contributed by atoms with Gasteiger partial charge >= 0.3 is 6.09 Å². The highest BCUT2D eigenvalue weighted by Crippen LogP contribution is 2.31. The highest BCUT2D eigenvalue weighted by atomic mass is 32.2. The van der Waals surface area contributed by atoms with Crippen molar-refractivity contribution in [1.82, 2.24) is 9.37 Å². The number of rotatable bonds is 9. The predicted octanol–water partition coefficient (Wildman–Crippen LogP) is 3.01. The normalized spacial score (nSPS) is 14.5. The Morgan fingerprint density at radius 3 is 2.20 bits per heavy atom. The van der Waals surface area contributed by atoms with Crippen molar-refractivity contribution in [3.8, 4) is 0 Å². The van der Waals surface area contributed by atoms with Crippen LogP contribution in [-0.4, -0.2) is 52.7 Å². The Morgan fingerprint density at radius 1 is 1.24 bits per heavy atom. The van der Waals surface area contributed by atoms with Gasteiger partial charge in [0.25, 0.3) is 0 Å². The van der Waals surface area contributed by atoms with Crippen LogP contribution < -0.4 is 0 Å². The van der Waals surface area contributed by atoms with Crippen LogP contribution in [0.25, 0.3) is 0 Å². The molecule has 8 heteroatoms. The lowest BCUT2D eigenvalue weighted by molar-refractivity contribution is -0.182. The summed E-state index contributed by atoms with van der Waals surface area (Å²) in [4.78, 5) is 11.5. The Hall–Kier alpha value is -1.64. The fraction of sp³-hybridized carbons (Fsp3) is 0.588. The fourth-order valence-corrected chi connectivity index (χ4v) is 4.20. The van der Waals surface area contributed by atoms with Crippen molar-refractivity contribution in [2.45, 2.75) is 45.7 Å². The van der Waals surface area contributed by atoms with Gasteiger partial charge in [-0.25, -0.2) is 13.2 Å². The van der Waals surface area contributed by atoms with Crippen molar-refractivity contribution in [1.29, 1.82) is 0 Å². The lowest BCUT2D eigenvalue weighted by Gasteiger charge is -2.45. The van der Waals surface area contributed by atoms with E-state index in [9.17, 15) is 23.5 Å². The van der Waals surface area contributed by atoms with Crippen LogP contribution in [0, 0.1) is 5.92 Å². The summed E-state index contributed by atoms with van der Waals surface area (Å²) in [6, 6.07) is 8.96. The first kappa shape index (κ1) is 21.4. The third-order valence-corrected chi connectivity index (χ3v) is 5.57. The summed E-state index contributed by atoms with van der Waals surface area (Å²) in [6.07, 6.45) is 0.167. The maximum Gasteiger partial charge on any atom is 0.433 e. The van der Waals surface area contributed by atoms with Gasteiger partial charge in [0, 0.05) is 13.0 Å². The van der Waals surface area contributed by atoms with Crippen LogP contribution in [0.5, 0.6) is 0 Å². The van der Waals surface area contributed by atoms with Gasteiger partial charge in [-0.05, 0) is 24.3 Å². The van der Waals surface area contributed by atoms with Crippen LogP contribution in [0.15, 0.2) is 30.3 Å². The molecule has 1 aromatic carbocycles. The molecule has 0 spiro atoms. The molecule has 1 aromatic rings. The summed E-state index contributed by atoms with van der Waals surface area (Å²) in [6.45, 7) is 5.71. The minimum absolute atomic E-state index is 0.0539. The molecule has 7 nitrogen and oxygen atoms in total. The number of sulfonamides is 1. The van der Waals surface area contributed by atoms with E-state index in [0.717, 1.165) is 16.1 Å². The van der Waals surface area contributed by atoms with Gasteiger partial charge in [-0.2, -0.15) is 9.37 Å². The van der Waals surface area contributed by atoms with Crippen molar-refractivity contribution < 1.29 is 23.5 Å². The summed E-state index contributed by atoms with van der Waals surface area (Å²) in [5.74, 6) is 0.229. The largest absolute Gasteiger partial charge is 0.463 e. The SMILES string of the molecule is CCC(Cc1ccccc1)(N(O)C(=O)O)N(CCC(C)C)S(C)(=O)=O. The van der Waals surface area contributed by atoms with E-state index in [4.69, 9.17) is 0 Å². The maximum absolute atomic E-state index is 12.5. The third-order valence-electron chi connectivity index (χ3n) is 4.25. The molecule has 142 valence electrons. The van der Waals surface area contributed by atoms with Crippen molar-refractivity contribution >= 4 is 16.1 Å². The number of nitrogens with zero attached hydrogens (tertiary/aromatic N) is 2. The van der Waals surface area contributed by atoms with E-state index < -0.39 is 21.8 Å². The van der Waals surface area contributed by atoms with Gasteiger partial charge in [0.2, 0.25) is 10.0 Å². The third kappa shape index (κ3) is 5.42. The molecule has 1 amide bonds. The van der Waals surface area contributed by atoms with Gasteiger partial charge < -0.3 is 5.11 Å². The minimum atomic E-state index is -3.76. The molecule has 0 radical (unpaired) electrons. The second-order valence-electron chi connectivity index (χ2n) is 6.61. The molecule has 2 N–H and O–H groups in total. The predicted molar refractivity (Wildman–Crippen MR) is 95.8 cm³/mol. The Morgan fingerprint density at radius 2 is 1.80 bits per heavy atom. The van der Waals surface area contributed by atoms with Crippen molar-refractivity contribution in [2.75, 3.05) is 12.8 Å². The number of hydroxylamine groups is 2. The monoisotopic (exact) mass is 372 g/mol. The number of amides is 1. The molecule has 0 heterocycles. The standard InChI is InChI=1S/C17H28N2O5S/c1-5-17(19(22)16(20)21,13-15-9-7-6-8-10-15)18(25(4,23)24)12-11-14(2)3/h6-10,14,22H,5,11-13H2,1-4H3,(H,20,21). The molecule has 25 heavy (non-hydrogen) atoms. The van der Waals surface area contributed by atoms with Gasteiger partial charge in [0.05, 0.1) is 6.26 Å². The lowest BCUT2D eigenvalue weighted by Crippen LogP contribution is -2.63. The van der Waals surface area contributed by atoms with Crippen LogP contribution in [0.1, 0.15) is 39.2 Å². The fourth-order valence-electron chi connectivity index (χ4n) is 2.88. The first-order valence-corrected chi connectivity index (χ1v) is 10.1. The Balaban J connectivity index is 3.45. The second-order valence-corrected chi connectivity index (χ2v) is 8.52. The van der Waals surface area contributed by atoms with Crippen LogP contribution in [0.2, 0.25) is 0 Å². The molecule has 1 atom stereocenters. The second kappa shape index (κ2) is 8.64. The number of hydrogen-bond acceptors (Lipinski definition) is 4. The quantitative estimate of drug-likeness (QED) is 0.394. The number of carboxylic acid groups (broad SMARTS) is 1. The van der Waals surface area contributed by atoms with Crippen molar-refractivity contribution in [2.24, 2.45) is 5.92 Å². The zero-order chi connectivity index (χ0) is 19.3. The molecule has 0 aliphatic rings. The van der Waals surface area contributed by atoms with E-state index >= 15 is 0 Å². The molecule has 0 aliphatic carbocycles. The smallest absolute Gasteiger partial charge is 0.433 e. The summed E-state index contributed by atoms with van der Waals surface area (Å²) < 4.78 is 26.0. The molecule has 1 unspecified atom stereocenters. The van der Waals surface area contributed by atoms with E-state index in [0.29, 0.717) is 6.42 Å². The number of benzene rings is 1. The molecule has 0 bridgehead atoms. The molecule has 0 saturated heterocycles. The summed E-state index contributed by atoms with van der Waals surface area (Å²) in [7, 11) is -3.76. The highest BCUT2D eigenvalue weighted by Gasteiger charge is 2.47. The molecular formula is C17H28N2O5S. The molecule has 0 aliphatic heterocycles. The number of hydrogen-bond donors (Lipinski definition) is 2. The van der Waals surface area contributed by atoms with Crippen LogP contribution in [-0.2, 0) is 16.4 Å². The average Bonchev–Trinajstić information content (AvgIpc) is 2.52. The molecule has 0 saturated carbocycles. The van der Waals surface area contributed by atoms with Crippen molar-refractivity contribution in [3.05, 3.63) is 35.9 Å². The van der Waals surface area contributed by atoms with Gasteiger partial charge in [0.1, 0.15) is 5.66 Å². The molecular weight excluding hydrogens is 344 g/mol. The summed E-state index contributed by atoms with van der Waals surface area (Å²) >= 11 is 0. The van der Waals surface area contributed by atoms with Gasteiger partial charge in [0.15, 0.2) is 0 Å². The zero-order valence-corrected chi connectivity index (χ0v) is 16.0. The van der Waals surface area contributed by atoms with E-state index in [1.54, 1.807) is 31.2 Å². The minimum Gasteiger partial charge on any atom is -0.463 e. The van der Waals surface area contributed by atoms with Gasteiger partial charge in [-0.3, -0.25) is 5.21 Å². The van der Waals surface area contributed by atoms with E-state index in [2.05, 4.69) is 0 Å². The molecule has 1 rings (SSSR count). The first-order valence-electron chi connectivity index (χ1n) is 8.28. The average molecular weight is 372 g/mol. The molecule has 0 aromatic heterocycles. The Bertz CT molecular complexity index is 663. The summed E-state index contributed by atoms with van der Waals surface area (Å²) in [5, 5.41) is 19.8. The van der Waals surface area contributed by atoms with E-state index in [1.165, 1.54) is 0 Å². The van der Waals surface area contributed by atoms with E-state index in [1.807, 2.05) is 19.9 Å². The van der Waals surface area contributed by atoms with Gasteiger partial charge in [-0.15, -0.1) is 0 Å². The summed E-state index contributed by atoms with van der Waals surface area (Å²) in [5.41, 5.74) is -0.863. The van der Waals surface area contributed by atoms with Crippen LogP contribution in [0.3, 0.4) is 0 Å². The number of carbonyl (C=O) groups is 1. The lowest BCUT2D eigenvalue weighted by atomic mass is 9.95.